The van der Waals surface area contributed by atoms with Gasteiger partial charge in [-0.15, -0.1) is 0 Å². The van der Waals surface area contributed by atoms with Gasteiger partial charge in [0.1, 0.15) is 12.4 Å². The van der Waals surface area contributed by atoms with Crippen molar-refractivity contribution in [2.24, 2.45) is 4.99 Å². The maximum Gasteiger partial charge on any atom is 0.134 e. The third kappa shape index (κ3) is 5.49. The van der Waals surface area contributed by atoms with E-state index in [1.165, 1.54) is 11.3 Å². The van der Waals surface area contributed by atoms with Crippen LogP contribution in [-0.4, -0.2) is 32.5 Å². The average molecular weight is 465 g/mol. The van der Waals surface area contributed by atoms with Crippen LogP contribution in [0.1, 0.15) is 16.7 Å². The highest BCUT2D eigenvalue weighted by molar-refractivity contribution is 9.10. The van der Waals surface area contributed by atoms with Gasteiger partial charge in [-0.2, -0.15) is 0 Å². The topological polar surface area (TPSA) is 34.1 Å². The number of hydrogen-bond acceptors (Lipinski definition) is 4. The minimum Gasteiger partial charge on any atom is -0.488 e. The number of rotatable bonds is 6. The fraction of sp³-hybridized carbons (Fsp3) is 0.240. The van der Waals surface area contributed by atoms with Crippen LogP contribution in [0.5, 0.6) is 5.75 Å². The smallest absolute Gasteiger partial charge is 0.134 e. The van der Waals surface area contributed by atoms with E-state index < -0.39 is 0 Å². The first-order chi connectivity index (χ1) is 14.7. The summed E-state index contributed by atoms with van der Waals surface area (Å²) in [5.41, 5.74) is 5.57. The van der Waals surface area contributed by atoms with E-state index in [9.17, 15) is 0 Å². The highest BCUT2D eigenvalue weighted by atomic mass is 79.9. The molecule has 0 saturated carbocycles. The van der Waals surface area contributed by atoms with E-state index in [2.05, 4.69) is 81.3 Å². The zero-order chi connectivity index (χ0) is 20.8. The molecule has 1 saturated heterocycles. The lowest BCUT2D eigenvalue weighted by Crippen LogP contribution is -2.36. The van der Waals surface area contributed by atoms with Crippen LogP contribution in [0.4, 0.5) is 11.4 Å². The Morgan fingerprint density at radius 2 is 1.73 bits per heavy atom. The van der Waals surface area contributed by atoms with Crippen molar-refractivity contribution < 1.29 is 9.47 Å². The van der Waals surface area contributed by atoms with Crippen LogP contribution in [-0.2, 0) is 11.3 Å². The maximum atomic E-state index is 5.95. The Bertz CT molecular complexity index is 995. The predicted molar refractivity (Wildman–Crippen MR) is 126 cm³/mol. The van der Waals surface area contributed by atoms with Gasteiger partial charge in [-0.25, -0.2) is 0 Å². The largest absolute Gasteiger partial charge is 0.488 e. The molecule has 0 atom stereocenters. The standard InChI is InChI=1S/C25H25BrN2O2/c1-19-2-4-20(5-3-19)18-30-25-11-6-21(16-24(25)26)17-27-22-7-9-23(10-8-22)28-12-14-29-15-13-28/h2-11,16-17H,12-15,18H2,1H3. The first kappa shape index (κ1) is 20.6. The Hall–Kier alpha value is -2.63. The molecule has 0 bridgehead atoms. The molecule has 1 aliphatic heterocycles. The van der Waals surface area contributed by atoms with Crippen molar-refractivity contribution in [3.05, 3.63) is 87.9 Å². The molecule has 0 aliphatic carbocycles. The Morgan fingerprint density at radius 3 is 2.43 bits per heavy atom. The molecule has 3 aromatic rings. The number of morpholine rings is 1. The molecule has 0 amide bonds. The van der Waals surface area contributed by atoms with Crippen molar-refractivity contribution in [2.75, 3.05) is 31.2 Å². The maximum absolute atomic E-state index is 5.95. The van der Waals surface area contributed by atoms with Gasteiger partial charge in [-0.1, -0.05) is 29.8 Å². The molecule has 1 heterocycles. The summed E-state index contributed by atoms with van der Waals surface area (Å²) in [5, 5.41) is 0. The van der Waals surface area contributed by atoms with Crippen LogP contribution in [0.25, 0.3) is 0 Å². The van der Waals surface area contributed by atoms with E-state index in [-0.39, 0.29) is 0 Å². The number of anilines is 1. The van der Waals surface area contributed by atoms with Crippen molar-refractivity contribution in [3.8, 4) is 5.75 Å². The minimum absolute atomic E-state index is 0.543. The molecule has 1 fully saturated rings. The van der Waals surface area contributed by atoms with Crippen LogP contribution < -0.4 is 9.64 Å². The summed E-state index contributed by atoms with van der Waals surface area (Å²) in [6.45, 7) is 6.09. The van der Waals surface area contributed by atoms with Crippen LogP contribution >= 0.6 is 15.9 Å². The van der Waals surface area contributed by atoms with Gasteiger partial charge < -0.3 is 14.4 Å². The Balaban J connectivity index is 1.36. The molecule has 154 valence electrons. The van der Waals surface area contributed by atoms with Gasteiger partial charge in [-0.05, 0) is 76.4 Å². The van der Waals surface area contributed by atoms with Crippen molar-refractivity contribution in [1.82, 2.24) is 0 Å². The van der Waals surface area contributed by atoms with E-state index >= 15 is 0 Å². The number of benzene rings is 3. The quantitative estimate of drug-likeness (QED) is 0.424. The zero-order valence-corrected chi connectivity index (χ0v) is 18.6. The Labute approximate surface area is 186 Å². The summed E-state index contributed by atoms with van der Waals surface area (Å²) in [4.78, 5) is 6.94. The predicted octanol–water partition coefficient (Wildman–Crippen LogP) is 5.92. The molecule has 1 aliphatic rings. The molecule has 4 nitrogen and oxygen atoms in total. The number of nitrogens with zero attached hydrogens (tertiary/aromatic N) is 2. The fourth-order valence-corrected chi connectivity index (χ4v) is 3.79. The molecular formula is C25H25BrN2O2. The fourth-order valence-electron chi connectivity index (χ4n) is 3.28. The van der Waals surface area contributed by atoms with E-state index in [1.807, 2.05) is 24.4 Å². The van der Waals surface area contributed by atoms with Crippen LogP contribution in [0.3, 0.4) is 0 Å². The lowest BCUT2D eigenvalue weighted by molar-refractivity contribution is 0.122. The SMILES string of the molecule is Cc1ccc(COc2ccc(C=Nc3ccc(N4CCOCC4)cc3)cc2Br)cc1. The third-order valence-corrected chi connectivity index (χ3v) is 5.68. The third-order valence-electron chi connectivity index (χ3n) is 5.06. The van der Waals surface area contributed by atoms with Gasteiger partial charge in [-0.3, -0.25) is 4.99 Å². The summed E-state index contributed by atoms with van der Waals surface area (Å²) >= 11 is 3.61. The molecule has 0 unspecified atom stereocenters. The van der Waals surface area contributed by atoms with Crippen molar-refractivity contribution in [2.45, 2.75) is 13.5 Å². The molecule has 4 rings (SSSR count). The normalized spacial score (nSPS) is 14.3. The van der Waals surface area contributed by atoms with Crippen molar-refractivity contribution >= 4 is 33.5 Å². The lowest BCUT2D eigenvalue weighted by atomic mass is 10.2. The van der Waals surface area contributed by atoms with Crippen LogP contribution in [0, 0.1) is 6.92 Å². The van der Waals surface area contributed by atoms with Crippen LogP contribution in [0.2, 0.25) is 0 Å². The van der Waals surface area contributed by atoms with Gasteiger partial charge >= 0.3 is 0 Å². The summed E-state index contributed by atoms with van der Waals surface area (Å²) in [6.07, 6.45) is 1.87. The highest BCUT2D eigenvalue weighted by Crippen LogP contribution is 2.27. The average Bonchev–Trinajstić information content (AvgIpc) is 2.79. The Kier molecular flexibility index (Phi) is 6.82. The van der Waals surface area contributed by atoms with E-state index in [0.717, 1.165) is 53.3 Å². The summed E-state index contributed by atoms with van der Waals surface area (Å²) in [6, 6.07) is 22.7. The molecule has 0 radical (unpaired) electrons. The second kappa shape index (κ2) is 9.92. The lowest BCUT2D eigenvalue weighted by Gasteiger charge is -2.28. The monoisotopic (exact) mass is 464 g/mol. The zero-order valence-electron chi connectivity index (χ0n) is 17.1. The number of aryl methyl sites for hydroxylation is 1. The first-order valence-corrected chi connectivity index (χ1v) is 10.9. The summed E-state index contributed by atoms with van der Waals surface area (Å²) < 4.78 is 12.3. The molecule has 5 heteroatoms. The molecular weight excluding hydrogens is 440 g/mol. The first-order valence-electron chi connectivity index (χ1n) is 10.1. The van der Waals surface area contributed by atoms with Crippen molar-refractivity contribution in [3.63, 3.8) is 0 Å². The number of hydrogen-bond donors (Lipinski definition) is 0. The minimum atomic E-state index is 0.543. The van der Waals surface area contributed by atoms with Crippen molar-refractivity contribution in [1.29, 1.82) is 0 Å². The number of aliphatic imine (C=N–C) groups is 1. The van der Waals surface area contributed by atoms with E-state index in [0.29, 0.717) is 6.61 Å². The molecule has 0 N–H and O–H groups in total. The molecule has 30 heavy (non-hydrogen) atoms. The highest BCUT2D eigenvalue weighted by Gasteiger charge is 2.10. The number of ether oxygens (including phenoxy) is 2. The van der Waals surface area contributed by atoms with E-state index in [4.69, 9.17) is 9.47 Å². The van der Waals surface area contributed by atoms with E-state index in [1.54, 1.807) is 0 Å². The molecule has 3 aromatic carbocycles. The van der Waals surface area contributed by atoms with Crippen LogP contribution in [0.15, 0.2) is 76.2 Å². The second-order valence-corrected chi connectivity index (χ2v) is 8.19. The second-order valence-electron chi connectivity index (χ2n) is 7.34. The molecule has 0 spiro atoms. The van der Waals surface area contributed by atoms with Gasteiger partial charge in [0.2, 0.25) is 0 Å². The van der Waals surface area contributed by atoms with Gasteiger partial charge in [0.25, 0.3) is 0 Å². The summed E-state index contributed by atoms with van der Waals surface area (Å²) in [7, 11) is 0. The molecule has 0 aromatic heterocycles. The Morgan fingerprint density at radius 1 is 1.00 bits per heavy atom. The van der Waals surface area contributed by atoms with Gasteiger partial charge in [0.05, 0.1) is 23.4 Å². The van der Waals surface area contributed by atoms with Gasteiger partial charge in [0.15, 0.2) is 0 Å². The van der Waals surface area contributed by atoms with Gasteiger partial charge in [0, 0.05) is 25.0 Å². The summed E-state index contributed by atoms with van der Waals surface area (Å²) in [5.74, 6) is 0.822. The number of halogens is 1.